The zero-order valence-corrected chi connectivity index (χ0v) is 23.9. The van der Waals surface area contributed by atoms with Gasteiger partial charge >= 0.3 is 0 Å². The highest BCUT2D eigenvalue weighted by molar-refractivity contribution is 7.78. The molecule has 2 rings (SSSR count). The number of carbonyl (C=O) groups is 3. The van der Waals surface area contributed by atoms with Crippen LogP contribution in [0, 0.1) is 0 Å². The van der Waals surface area contributed by atoms with Crippen LogP contribution < -0.4 is 10.6 Å². The highest BCUT2D eigenvalue weighted by Crippen LogP contribution is 2.24. The van der Waals surface area contributed by atoms with Gasteiger partial charge in [0.05, 0.1) is 20.5 Å². The van der Waals surface area contributed by atoms with Crippen molar-refractivity contribution in [3.05, 3.63) is 86.6 Å². The lowest BCUT2D eigenvalue weighted by molar-refractivity contribution is 0.0958. The molecule has 2 aromatic rings. The molecule has 1 heterocycles. The second-order valence-electron chi connectivity index (χ2n) is 6.83. The lowest BCUT2D eigenvalue weighted by atomic mass is 10.1. The molecule has 0 saturated heterocycles. The molecule has 1 aromatic heterocycles. The van der Waals surface area contributed by atoms with Crippen molar-refractivity contribution in [2.24, 2.45) is 0 Å². The van der Waals surface area contributed by atoms with Gasteiger partial charge in [0.15, 0.2) is 6.29 Å². The van der Waals surface area contributed by atoms with Gasteiger partial charge in [-0.3, -0.25) is 14.4 Å². The monoisotopic (exact) mass is 546 g/mol. The molecule has 0 aliphatic heterocycles. The molecule has 194 valence electrons. The number of allylic oxidation sites excluding steroid dienone is 6. The lowest BCUT2D eigenvalue weighted by Gasteiger charge is -2.11. The summed E-state index contributed by atoms with van der Waals surface area (Å²) in [5.41, 5.74) is 2.07. The van der Waals surface area contributed by atoms with E-state index in [1.165, 1.54) is 18.7 Å². The standard InChI is InChI=1S/C14H11ClN2O3S.C12H18S.C2H6/c1-16-14(20)12-8(7-18)3-2-4-9(12)17-13(19)10-5-6-11(15)21-10;1-3-5-6-7-9-12(4-2)10-8-11-13;1-2/h2-7H,1H3,(H,16,20)(H,17,19);3-7,11H,8-10H2,1-2H3;1-2H3/b;5-3-,7-6?,12-4+;. The predicted molar refractivity (Wildman–Crippen MR) is 159 cm³/mol. The number of hydrogen-bond acceptors (Lipinski definition) is 5. The third kappa shape index (κ3) is 12.2. The molecule has 0 radical (unpaired) electrons. The summed E-state index contributed by atoms with van der Waals surface area (Å²) in [5.74, 6) is -0.836. The zero-order valence-electron chi connectivity index (χ0n) is 21.5. The topological polar surface area (TPSA) is 75.3 Å². The Balaban J connectivity index is 0.000000706. The van der Waals surface area contributed by atoms with Gasteiger partial charge in [-0.25, -0.2) is 0 Å². The van der Waals surface area contributed by atoms with Gasteiger partial charge in [-0.15, -0.1) is 11.3 Å². The van der Waals surface area contributed by atoms with Crippen LogP contribution in [0.3, 0.4) is 0 Å². The molecule has 5 nitrogen and oxygen atoms in total. The van der Waals surface area contributed by atoms with Gasteiger partial charge in [0.2, 0.25) is 0 Å². The number of thiocarbonyl (C=S) groups is 1. The molecule has 2 amide bonds. The Bertz CT molecular complexity index is 1070. The number of rotatable bonds is 10. The van der Waals surface area contributed by atoms with Crippen LogP contribution in [0.4, 0.5) is 5.69 Å². The van der Waals surface area contributed by atoms with Crippen LogP contribution in [-0.2, 0) is 0 Å². The largest absolute Gasteiger partial charge is 0.355 e. The van der Waals surface area contributed by atoms with E-state index >= 15 is 0 Å². The Morgan fingerprint density at radius 3 is 2.33 bits per heavy atom. The van der Waals surface area contributed by atoms with E-state index in [0.29, 0.717) is 15.5 Å². The maximum Gasteiger partial charge on any atom is 0.265 e. The van der Waals surface area contributed by atoms with Crippen molar-refractivity contribution < 1.29 is 14.4 Å². The Labute approximate surface area is 229 Å². The number of aldehydes is 1. The van der Waals surface area contributed by atoms with Gasteiger partial charge in [0.1, 0.15) is 0 Å². The third-order valence-electron chi connectivity index (χ3n) is 4.53. The Morgan fingerprint density at radius 1 is 1.08 bits per heavy atom. The molecule has 0 spiro atoms. The summed E-state index contributed by atoms with van der Waals surface area (Å²) in [4.78, 5) is 35.5. The van der Waals surface area contributed by atoms with Crippen LogP contribution >= 0.6 is 35.2 Å². The summed E-state index contributed by atoms with van der Waals surface area (Å²) < 4.78 is 0.494. The number of carbonyl (C=O) groups excluding carboxylic acids is 3. The smallest absolute Gasteiger partial charge is 0.265 e. The fourth-order valence-corrected chi connectivity index (χ4v) is 3.85. The molecular formula is C28H35ClN2O3S2. The van der Waals surface area contributed by atoms with E-state index in [-0.39, 0.29) is 22.7 Å². The van der Waals surface area contributed by atoms with Crippen LogP contribution in [0.1, 0.15) is 77.3 Å². The second-order valence-corrected chi connectivity index (χ2v) is 8.88. The Hall–Kier alpha value is -2.87. The molecule has 0 atom stereocenters. The third-order valence-corrected chi connectivity index (χ3v) is 6.00. The van der Waals surface area contributed by atoms with Crippen LogP contribution in [0.2, 0.25) is 4.34 Å². The van der Waals surface area contributed by atoms with Crippen molar-refractivity contribution >= 4 is 64.3 Å². The average molecular weight is 547 g/mol. The molecule has 0 unspecified atom stereocenters. The van der Waals surface area contributed by atoms with Crippen LogP contribution in [0.25, 0.3) is 0 Å². The Morgan fingerprint density at radius 2 is 1.81 bits per heavy atom. The number of halogens is 1. The van der Waals surface area contributed by atoms with E-state index in [0.717, 1.165) is 30.6 Å². The SMILES string of the molecule is C/C=C\C=CC/C(=C\C)CCC=S.CC.CNC(=O)c1c(C=O)cccc1NC(=O)c1ccc(Cl)s1. The highest BCUT2D eigenvalue weighted by atomic mass is 35.5. The molecule has 0 fully saturated rings. The molecule has 2 N–H and O–H groups in total. The summed E-state index contributed by atoms with van der Waals surface area (Å²) in [6.45, 7) is 8.11. The van der Waals surface area contributed by atoms with E-state index in [9.17, 15) is 14.4 Å². The van der Waals surface area contributed by atoms with Crippen molar-refractivity contribution in [3.63, 3.8) is 0 Å². The Kier molecular flexibility index (Phi) is 18.7. The van der Waals surface area contributed by atoms with Crippen LogP contribution in [0.5, 0.6) is 0 Å². The lowest BCUT2D eigenvalue weighted by Crippen LogP contribution is -2.23. The van der Waals surface area contributed by atoms with Gasteiger partial charge < -0.3 is 10.6 Å². The maximum atomic E-state index is 12.1. The van der Waals surface area contributed by atoms with Crippen molar-refractivity contribution in [2.45, 2.75) is 47.0 Å². The number of benzene rings is 1. The minimum atomic E-state index is -0.447. The predicted octanol–water partition coefficient (Wildman–Crippen LogP) is 8.09. The van der Waals surface area contributed by atoms with Crippen LogP contribution in [-0.4, -0.2) is 30.5 Å². The number of anilines is 1. The normalized spacial score (nSPS) is 10.7. The first-order valence-electron chi connectivity index (χ1n) is 11.6. The van der Waals surface area contributed by atoms with E-state index in [2.05, 4.69) is 35.8 Å². The molecule has 36 heavy (non-hydrogen) atoms. The summed E-state index contributed by atoms with van der Waals surface area (Å²) in [5, 5.41) is 6.87. The first kappa shape index (κ1) is 33.1. The van der Waals surface area contributed by atoms with Crippen molar-refractivity contribution in [3.8, 4) is 0 Å². The van der Waals surface area contributed by atoms with Crippen molar-refractivity contribution in [1.29, 1.82) is 0 Å². The van der Waals surface area contributed by atoms with E-state index in [1.54, 1.807) is 29.6 Å². The summed E-state index contributed by atoms with van der Waals surface area (Å²) in [7, 11) is 1.45. The fourth-order valence-electron chi connectivity index (χ4n) is 2.79. The summed E-state index contributed by atoms with van der Waals surface area (Å²) >= 11 is 11.7. The maximum absolute atomic E-state index is 12.1. The molecular weight excluding hydrogens is 512 g/mol. The minimum Gasteiger partial charge on any atom is -0.355 e. The molecule has 0 bridgehead atoms. The second kappa shape index (κ2) is 20.3. The number of nitrogens with one attached hydrogen (secondary N) is 2. The zero-order chi connectivity index (χ0) is 27.3. The van der Waals surface area contributed by atoms with Crippen molar-refractivity contribution in [1.82, 2.24) is 5.32 Å². The van der Waals surface area contributed by atoms with Crippen molar-refractivity contribution in [2.75, 3.05) is 12.4 Å². The van der Waals surface area contributed by atoms with E-state index in [4.69, 9.17) is 23.8 Å². The van der Waals surface area contributed by atoms with Crippen LogP contribution in [0.15, 0.2) is 66.3 Å². The summed E-state index contributed by atoms with van der Waals surface area (Å²) in [6, 6.07) is 7.86. The average Bonchev–Trinajstić information content (AvgIpc) is 3.35. The fraction of sp³-hybridized carbons (Fsp3) is 0.286. The summed E-state index contributed by atoms with van der Waals surface area (Å²) in [6.07, 6.45) is 14.2. The molecule has 0 aliphatic carbocycles. The van der Waals surface area contributed by atoms with Gasteiger partial charge in [0, 0.05) is 12.6 Å². The first-order chi connectivity index (χ1) is 17.4. The number of amides is 2. The number of hydrogen-bond donors (Lipinski definition) is 2. The van der Waals surface area contributed by atoms with Gasteiger partial charge in [-0.2, -0.15) is 0 Å². The first-order valence-corrected chi connectivity index (χ1v) is 13.3. The molecule has 8 heteroatoms. The minimum absolute atomic E-state index is 0.131. The van der Waals surface area contributed by atoms with Gasteiger partial charge in [0.25, 0.3) is 11.8 Å². The molecule has 0 saturated carbocycles. The van der Waals surface area contributed by atoms with Gasteiger partial charge in [-0.1, -0.05) is 85.8 Å². The highest BCUT2D eigenvalue weighted by Gasteiger charge is 2.18. The quantitative estimate of drug-likeness (QED) is 0.137. The van der Waals surface area contributed by atoms with E-state index in [1.807, 2.05) is 32.9 Å². The van der Waals surface area contributed by atoms with E-state index < -0.39 is 5.91 Å². The molecule has 0 aliphatic rings. The number of thiophene rings is 1. The molecule has 1 aromatic carbocycles. The van der Waals surface area contributed by atoms with Gasteiger partial charge in [-0.05, 0) is 56.7 Å².